The molecule has 0 atom stereocenters. The third kappa shape index (κ3) is 2.25. The summed E-state index contributed by atoms with van der Waals surface area (Å²) in [5.74, 6) is 3.25. The predicted molar refractivity (Wildman–Crippen MR) is 54.1 cm³/mol. The highest BCUT2D eigenvalue weighted by Crippen LogP contribution is 2.12. The molecule has 0 amide bonds. The largest absolute Gasteiger partial charge is 0.384 e. The topological polar surface area (TPSA) is 43.8 Å². The molecule has 1 heterocycles. The Bertz CT molecular complexity index is 306. The van der Waals surface area contributed by atoms with Gasteiger partial charge in [0.15, 0.2) is 0 Å². The number of rotatable bonds is 4. The van der Waals surface area contributed by atoms with Gasteiger partial charge in [0.1, 0.15) is 5.82 Å². The molecule has 0 unspecified atom stereocenters. The highest BCUT2D eigenvalue weighted by atomic mass is 15.1. The summed E-state index contributed by atoms with van der Waals surface area (Å²) in [6, 6.07) is 0. The van der Waals surface area contributed by atoms with Crippen LogP contribution in [0, 0.1) is 12.3 Å². The quantitative estimate of drug-likeness (QED) is 0.707. The Morgan fingerprint density at radius 1 is 1.69 bits per heavy atom. The van der Waals surface area contributed by atoms with E-state index in [0.29, 0.717) is 12.4 Å². The van der Waals surface area contributed by atoms with Crippen molar-refractivity contribution < 1.29 is 0 Å². The van der Waals surface area contributed by atoms with Crippen LogP contribution in [0.25, 0.3) is 0 Å². The molecule has 0 saturated carbocycles. The first-order valence-electron chi connectivity index (χ1n) is 4.52. The first-order chi connectivity index (χ1) is 6.29. The van der Waals surface area contributed by atoms with Crippen molar-refractivity contribution in [2.45, 2.75) is 32.7 Å². The summed E-state index contributed by atoms with van der Waals surface area (Å²) in [4.78, 5) is 4.21. The summed E-state index contributed by atoms with van der Waals surface area (Å²) >= 11 is 0. The zero-order chi connectivity index (χ0) is 9.68. The van der Waals surface area contributed by atoms with Gasteiger partial charge < -0.3 is 10.3 Å². The Kier molecular flexibility index (Phi) is 3.39. The van der Waals surface area contributed by atoms with Crippen molar-refractivity contribution in [3.8, 4) is 12.3 Å². The predicted octanol–water partition coefficient (Wildman–Crippen LogP) is 1.44. The van der Waals surface area contributed by atoms with Gasteiger partial charge in [-0.2, -0.15) is 0 Å². The lowest BCUT2D eigenvalue weighted by Crippen LogP contribution is -2.02. The molecule has 0 aromatic carbocycles. The molecule has 0 fully saturated rings. The van der Waals surface area contributed by atoms with Crippen LogP contribution in [0.15, 0.2) is 6.33 Å². The van der Waals surface area contributed by atoms with Crippen LogP contribution >= 0.6 is 0 Å². The number of hydrogen-bond acceptors (Lipinski definition) is 2. The zero-order valence-corrected chi connectivity index (χ0v) is 7.95. The molecule has 1 aromatic rings. The van der Waals surface area contributed by atoms with Crippen molar-refractivity contribution in [2.75, 3.05) is 5.73 Å². The third-order valence-corrected chi connectivity index (χ3v) is 1.99. The maximum Gasteiger partial charge on any atom is 0.127 e. The molecule has 0 radical (unpaired) electrons. The first-order valence-corrected chi connectivity index (χ1v) is 4.52. The fourth-order valence-corrected chi connectivity index (χ4v) is 1.19. The van der Waals surface area contributed by atoms with Gasteiger partial charge in [-0.25, -0.2) is 4.98 Å². The number of aromatic nitrogens is 2. The standard InChI is InChI=1S/C10H15N3/c1-3-5-6-9-10(11)13(7-4-2)8-12-9/h2,8H,3,5-7,11H2,1H3. The van der Waals surface area contributed by atoms with Crippen molar-refractivity contribution >= 4 is 5.82 Å². The molecule has 2 N–H and O–H groups in total. The molecule has 0 spiro atoms. The third-order valence-electron chi connectivity index (χ3n) is 1.99. The molecule has 0 bridgehead atoms. The van der Waals surface area contributed by atoms with Gasteiger partial charge in [0.05, 0.1) is 18.6 Å². The minimum atomic E-state index is 0.505. The maximum atomic E-state index is 5.84. The normalized spacial score (nSPS) is 9.85. The van der Waals surface area contributed by atoms with Crippen molar-refractivity contribution in [3.63, 3.8) is 0 Å². The van der Waals surface area contributed by atoms with Gasteiger partial charge >= 0.3 is 0 Å². The van der Waals surface area contributed by atoms with Gasteiger partial charge in [-0.1, -0.05) is 19.3 Å². The average molecular weight is 177 g/mol. The van der Waals surface area contributed by atoms with Crippen LogP contribution in [-0.2, 0) is 13.0 Å². The molecule has 0 saturated heterocycles. The fourth-order valence-electron chi connectivity index (χ4n) is 1.19. The van der Waals surface area contributed by atoms with E-state index in [1.165, 1.54) is 0 Å². The van der Waals surface area contributed by atoms with Crippen molar-refractivity contribution in [1.29, 1.82) is 0 Å². The highest BCUT2D eigenvalue weighted by Gasteiger charge is 2.05. The lowest BCUT2D eigenvalue weighted by atomic mass is 10.2. The zero-order valence-electron chi connectivity index (χ0n) is 7.95. The summed E-state index contributed by atoms with van der Waals surface area (Å²) in [7, 11) is 0. The van der Waals surface area contributed by atoms with Crippen molar-refractivity contribution in [1.82, 2.24) is 9.55 Å². The molecule has 3 heteroatoms. The van der Waals surface area contributed by atoms with Crippen LogP contribution in [0.3, 0.4) is 0 Å². The van der Waals surface area contributed by atoms with E-state index < -0.39 is 0 Å². The number of nitrogens with two attached hydrogens (primary N) is 1. The average Bonchev–Trinajstić information content (AvgIpc) is 2.46. The Labute approximate surface area is 79.0 Å². The highest BCUT2D eigenvalue weighted by molar-refractivity contribution is 5.36. The second-order valence-corrected chi connectivity index (χ2v) is 3.01. The Balaban J connectivity index is 2.69. The summed E-state index contributed by atoms with van der Waals surface area (Å²) < 4.78 is 1.80. The van der Waals surface area contributed by atoms with Crippen molar-refractivity contribution in [3.05, 3.63) is 12.0 Å². The van der Waals surface area contributed by atoms with E-state index in [0.717, 1.165) is 25.0 Å². The second-order valence-electron chi connectivity index (χ2n) is 3.01. The smallest absolute Gasteiger partial charge is 0.127 e. The molecular weight excluding hydrogens is 162 g/mol. The fraction of sp³-hybridized carbons (Fsp3) is 0.500. The van der Waals surface area contributed by atoms with Crippen LogP contribution < -0.4 is 5.73 Å². The van der Waals surface area contributed by atoms with Gasteiger partial charge in [-0.3, -0.25) is 0 Å². The minimum absolute atomic E-state index is 0.505. The van der Waals surface area contributed by atoms with Crippen molar-refractivity contribution in [2.24, 2.45) is 0 Å². The lowest BCUT2D eigenvalue weighted by molar-refractivity contribution is 0.781. The Morgan fingerprint density at radius 2 is 2.46 bits per heavy atom. The molecule has 1 aromatic heterocycles. The number of nitrogens with zero attached hydrogens (tertiary/aromatic N) is 2. The molecule has 0 aliphatic carbocycles. The van der Waals surface area contributed by atoms with Crippen LogP contribution in [0.2, 0.25) is 0 Å². The number of aryl methyl sites for hydroxylation is 1. The van der Waals surface area contributed by atoms with Crippen LogP contribution in [0.5, 0.6) is 0 Å². The Morgan fingerprint density at radius 3 is 3.08 bits per heavy atom. The molecule has 1 rings (SSSR count). The van der Waals surface area contributed by atoms with Crippen LogP contribution in [0.1, 0.15) is 25.5 Å². The van der Waals surface area contributed by atoms with E-state index in [1.807, 2.05) is 0 Å². The molecular formula is C10H15N3. The van der Waals surface area contributed by atoms with Gasteiger partial charge in [0, 0.05) is 0 Å². The van der Waals surface area contributed by atoms with E-state index in [-0.39, 0.29) is 0 Å². The molecule has 0 aliphatic heterocycles. The van der Waals surface area contributed by atoms with Gasteiger partial charge in [-0.05, 0) is 12.8 Å². The first kappa shape index (κ1) is 9.66. The van der Waals surface area contributed by atoms with E-state index in [1.54, 1.807) is 10.9 Å². The summed E-state index contributed by atoms with van der Waals surface area (Å²) in [5, 5.41) is 0. The SMILES string of the molecule is C#CCn1cnc(CCCC)c1N. The number of terminal acetylenes is 1. The summed E-state index contributed by atoms with van der Waals surface area (Å²) in [5.41, 5.74) is 6.80. The van der Waals surface area contributed by atoms with Crippen LogP contribution in [0.4, 0.5) is 5.82 Å². The second kappa shape index (κ2) is 4.56. The van der Waals surface area contributed by atoms with E-state index >= 15 is 0 Å². The van der Waals surface area contributed by atoms with E-state index in [9.17, 15) is 0 Å². The van der Waals surface area contributed by atoms with Crippen LogP contribution in [-0.4, -0.2) is 9.55 Å². The summed E-state index contributed by atoms with van der Waals surface area (Å²) in [6.45, 7) is 2.65. The Hall–Kier alpha value is -1.43. The van der Waals surface area contributed by atoms with Gasteiger partial charge in [-0.15, -0.1) is 6.42 Å². The number of hydrogen-bond donors (Lipinski definition) is 1. The lowest BCUT2D eigenvalue weighted by Gasteiger charge is -2.00. The number of imidazole rings is 1. The van der Waals surface area contributed by atoms with Gasteiger partial charge in [0.2, 0.25) is 0 Å². The van der Waals surface area contributed by atoms with Gasteiger partial charge in [0.25, 0.3) is 0 Å². The number of nitrogen functional groups attached to an aromatic ring is 1. The molecule has 0 aliphatic rings. The summed E-state index contributed by atoms with van der Waals surface area (Å²) in [6.07, 6.45) is 10.1. The number of anilines is 1. The maximum absolute atomic E-state index is 5.84. The van der Waals surface area contributed by atoms with E-state index in [2.05, 4.69) is 17.8 Å². The monoisotopic (exact) mass is 177 g/mol. The van der Waals surface area contributed by atoms with E-state index in [4.69, 9.17) is 12.2 Å². The molecule has 70 valence electrons. The minimum Gasteiger partial charge on any atom is -0.384 e. The number of unbranched alkanes of at least 4 members (excludes halogenated alkanes) is 1. The molecule has 3 nitrogen and oxygen atoms in total. The molecule has 13 heavy (non-hydrogen) atoms.